The van der Waals surface area contributed by atoms with E-state index in [1.54, 1.807) is 18.5 Å². The lowest BCUT2D eigenvalue weighted by Crippen LogP contribution is -2.34. The summed E-state index contributed by atoms with van der Waals surface area (Å²) in [5, 5.41) is 0. The van der Waals surface area contributed by atoms with Crippen LogP contribution in [0.15, 0.2) is 48.8 Å². The second kappa shape index (κ2) is 5.68. The number of pyridine rings is 1. The van der Waals surface area contributed by atoms with E-state index in [1.165, 1.54) is 0 Å². The lowest BCUT2D eigenvalue weighted by Gasteiger charge is -2.28. The molecule has 3 nitrogen and oxygen atoms in total. The Bertz CT molecular complexity index is 631. The Kier molecular flexibility index (Phi) is 3.74. The number of hydrogen-bond acceptors (Lipinski definition) is 3. The predicted molar refractivity (Wildman–Crippen MR) is 83.9 cm³/mol. The number of hydrogen-bond donors (Lipinski definition) is 1. The van der Waals surface area contributed by atoms with Crippen molar-refractivity contribution in [3.8, 4) is 0 Å². The van der Waals surface area contributed by atoms with Crippen LogP contribution in [0.1, 0.15) is 36.8 Å². The van der Waals surface area contributed by atoms with Crippen molar-refractivity contribution in [1.82, 2.24) is 4.98 Å². The molecule has 0 spiro atoms. The van der Waals surface area contributed by atoms with Crippen LogP contribution in [-0.4, -0.2) is 10.8 Å². The van der Waals surface area contributed by atoms with Gasteiger partial charge in [0.2, 0.25) is 0 Å². The van der Waals surface area contributed by atoms with Crippen molar-refractivity contribution in [2.75, 3.05) is 5.73 Å². The third-order valence-electron chi connectivity index (χ3n) is 4.61. The number of carbonyl (C=O) groups excluding carboxylic acids is 1. The summed E-state index contributed by atoms with van der Waals surface area (Å²) in [7, 11) is 0. The first-order chi connectivity index (χ1) is 10.2. The fourth-order valence-electron chi connectivity index (χ4n) is 3.39. The fourth-order valence-corrected chi connectivity index (χ4v) is 3.39. The highest BCUT2D eigenvalue weighted by atomic mass is 16.1. The van der Waals surface area contributed by atoms with Crippen LogP contribution in [0.2, 0.25) is 0 Å². The lowest BCUT2D eigenvalue weighted by molar-refractivity contribution is -0.123. The highest BCUT2D eigenvalue weighted by molar-refractivity contribution is 5.92. The molecule has 108 valence electrons. The maximum Gasteiger partial charge on any atom is 0.147 e. The molecule has 1 aliphatic rings. The van der Waals surface area contributed by atoms with E-state index in [4.69, 9.17) is 5.73 Å². The quantitative estimate of drug-likeness (QED) is 0.935. The first-order valence-corrected chi connectivity index (χ1v) is 7.49. The SMILES string of the molecule is Nc1ccncc1CC(=O)C1(c2ccccc2)CCCC1. The molecule has 1 fully saturated rings. The molecule has 3 heteroatoms. The van der Waals surface area contributed by atoms with Crippen molar-refractivity contribution in [3.63, 3.8) is 0 Å². The van der Waals surface area contributed by atoms with E-state index in [0.29, 0.717) is 12.1 Å². The summed E-state index contributed by atoms with van der Waals surface area (Å²) in [4.78, 5) is 17.1. The molecule has 21 heavy (non-hydrogen) atoms. The van der Waals surface area contributed by atoms with Crippen LogP contribution in [0, 0.1) is 0 Å². The van der Waals surface area contributed by atoms with Gasteiger partial charge < -0.3 is 5.73 Å². The molecule has 1 aliphatic carbocycles. The molecule has 3 rings (SSSR count). The summed E-state index contributed by atoms with van der Waals surface area (Å²) < 4.78 is 0. The molecule has 0 amide bonds. The molecule has 1 heterocycles. The van der Waals surface area contributed by atoms with Gasteiger partial charge in [0.25, 0.3) is 0 Å². The first kappa shape index (κ1) is 13.8. The second-order valence-electron chi connectivity index (χ2n) is 5.83. The molecule has 0 aliphatic heterocycles. The summed E-state index contributed by atoms with van der Waals surface area (Å²) in [6.07, 6.45) is 7.85. The smallest absolute Gasteiger partial charge is 0.147 e. The van der Waals surface area contributed by atoms with Gasteiger partial charge in [-0.2, -0.15) is 0 Å². The summed E-state index contributed by atoms with van der Waals surface area (Å²) in [5.41, 5.74) is 8.27. The molecule has 0 atom stereocenters. The van der Waals surface area contributed by atoms with Gasteiger partial charge in [0.1, 0.15) is 5.78 Å². The maximum atomic E-state index is 13.0. The zero-order chi connectivity index (χ0) is 14.7. The molecule has 0 saturated heterocycles. The number of nitrogens with zero attached hydrogens (tertiary/aromatic N) is 1. The number of aromatic nitrogens is 1. The van der Waals surface area contributed by atoms with Gasteiger partial charge >= 0.3 is 0 Å². The third kappa shape index (κ3) is 2.56. The lowest BCUT2D eigenvalue weighted by atomic mass is 9.73. The number of ketones is 1. The van der Waals surface area contributed by atoms with Gasteiger partial charge in [0, 0.05) is 30.1 Å². The summed E-state index contributed by atoms with van der Waals surface area (Å²) in [6, 6.07) is 11.9. The zero-order valence-electron chi connectivity index (χ0n) is 12.1. The van der Waals surface area contributed by atoms with E-state index in [2.05, 4.69) is 17.1 Å². The normalized spacial score (nSPS) is 16.8. The minimum Gasteiger partial charge on any atom is -0.398 e. The monoisotopic (exact) mass is 280 g/mol. The second-order valence-corrected chi connectivity index (χ2v) is 5.83. The van der Waals surface area contributed by atoms with Crippen LogP contribution in [0.25, 0.3) is 0 Å². The molecule has 1 aromatic heterocycles. The van der Waals surface area contributed by atoms with Crippen LogP contribution >= 0.6 is 0 Å². The molecule has 1 aromatic carbocycles. The fraction of sp³-hybridized carbons (Fsp3) is 0.333. The molecule has 0 bridgehead atoms. The average Bonchev–Trinajstić information content (AvgIpc) is 3.01. The van der Waals surface area contributed by atoms with E-state index >= 15 is 0 Å². The molecule has 0 unspecified atom stereocenters. The Labute approximate surface area is 125 Å². The zero-order valence-corrected chi connectivity index (χ0v) is 12.1. The number of carbonyl (C=O) groups is 1. The molecular formula is C18H20N2O. The van der Waals surface area contributed by atoms with Gasteiger partial charge in [0.15, 0.2) is 0 Å². The topological polar surface area (TPSA) is 56.0 Å². The van der Waals surface area contributed by atoms with Crippen LogP contribution < -0.4 is 5.73 Å². The van der Waals surface area contributed by atoms with Gasteiger partial charge in [-0.15, -0.1) is 0 Å². The summed E-state index contributed by atoms with van der Waals surface area (Å²) in [5.74, 6) is 0.269. The summed E-state index contributed by atoms with van der Waals surface area (Å²) >= 11 is 0. The van der Waals surface area contributed by atoms with Gasteiger partial charge in [-0.05, 0) is 24.5 Å². The van der Waals surface area contributed by atoms with Crippen molar-refractivity contribution >= 4 is 11.5 Å². The van der Waals surface area contributed by atoms with Crippen LogP contribution in [0.4, 0.5) is 5.69 Å². The first-order valence-electron chi connectivity index (χ1n) is 7.49. The van der Waals surface area contributed by atoms with Crippen molar-refractivity contribution in [1.29, 1.82) is 0 Å². The predicted octanol–water partition coefficient (Wildman–Crippen LogP) is 3.29. The minimum atomic E-state index is -0.330. The Balaban J connectivity index is 1.92. The van der Waals surface area contributed by atoms with Crippen molar-refractivity contribution in [2.24, 2.45) is 0 Å². The average molecular weight is 280 g/mol. The van der Waals surface area contributed by atoms with E-state index in [-0.39, 0.29) is 11.2 Å². The number of nitrogen functional groups attached to an aromatic ring is 1. The minimum absolute atomic E-state index is 0.269. The van der Waals surface area contributed by atoms with Gasteiger partial charge in [-0.25, -0.2) is 0 Å². The van der Waals surface area contributed by atoms with E-state index in [1.807, 2.05) is 18.2 Å². The molecule has 1 saturated carbocycles. The van der Waals surface area contributed by atoms with Gasteiger partial charge in [-0.1, -0.05) is 43.2 Å². The largest absolute Gasteiger partial charge is 0.398 e. The van der Waals surface area contributed by atoms with Crippen molar-refractivity contribution in [3.05, 3.63) is 59.9 Å². The Morgan fingerprint density at radius 2 is 1.86 bits per heavy atom. The van der Waals surface area contributed by atoms with Crippen LogP contribution in [0.3, 0.4) is 0 Å². The maximum absolute atomic E-state index is 13.0. The number of anilines is 1. The highest BCUT2D eigenvalue weighted by Gasteiger charge is 2.41. The third-order valence-corrected chi connectivity index (χ3v) is 4.61. The van der Waals surface area contributed by atoms with Gasteiger partial charge in [0.05, 0.1) is 5.41 Å². The van der Waals surface area contributed by atoms with Gasteiger partial charge in [-0.3, -0.25) is 9.78 Å². The Morgan fingerprint density at radius 1 is 1.14 bits per heavy atom. The molecule has 2 N–H and O–H groups in total. The van der Waals surface area contributed by atoms with Crippen LogP contribution in [-0.2, 0) is 16.6 Å². The highest BCUT2D eigenvalue weighted by Crippen LogP contribution is 2.42. The van der Waals surface area contributed by atoms with E-state index < -0.39 is 0 Å². The van der Waals surface area contributed by atoms with E-state index in [0.717, 1.165) is 36.8 Å². The van der Waals surface area contributed by atoms with Crippen LogP contribution in [0.5, 0.6) is 0 Å². The molecular weight excluding hydrogens is 260 g/mol. The molecule has 2 aromatic rings. The molecule has 0 radical (unpaired) electrons. The standard InChI is InChI=1S/C18H20N2O/c19-16-8-11-20-13-14(16)12-17(21)18(9-4-5-10-18)15-6-2-1-3-7-15/h1-3,6-8,11,13H,4-5,9-10,12H2,(H2,19,20). The Hall–Kier alpha value is -2.16. The summed E-state index contributed by atoms with van der Waals surface area (Å²) in [6.45, 7) is 0. The number of Topliss-reactive ketones (excluding diaryl/α,β-unsaturated/α-hetero) is 1. The number of benzene rings is 1. The van der Waals surface area contributed by atoms with Crippen molar-refractivity contribution in [2.45, 2.75) is 37.5 Å². The van der Waals surface area contributed by atoms with Crippen molar-refractivity contribution < 1.29 is 4.79 Å². The Morgan fingerprint density at radius 3 is 2.52 bits per heavy atom. The number of nitrogens with two attached hydrogens (primary N) is 1. The number of rotatable bonds is 4. The van der Waals surface area contributed by atoms with E-state index in [9.17, 15) is 4.79 Å².